The summed E-state index contributed by atoms with van der Waals surface area (Å²) < 4.78 is 52.1. The van der Waals surface area contributed by atoms with E-state index in [0.717, 1.165) is 12.1 Å². The van der Waals surface area contributed by atoms with Crippen molar-refractivity contribution in [2.24, 2.45) is 5.10 Å². The molecule has 2 aromatic heterocycles. The molecular formula is C25H23F3N6O6. The second kappa shape index (κ2) is 10.8. The van der Waals surface area contributed by atoms with E-state index < -0.39 is 49.1 Å². The highest BCUT2D eigenvalue weighted by molar-refractivity contribution is 5.79. The summed E-state index contributed by atoms with van der Waals surface area (Å²) in [5.74, 6) is 0.271. The molecule has 40 heavy (non-hydrogen) atoms. The number of aliphatic hydroxyl groups excluding tert-OH is 4. The van der Waals surface area contributed by atoms with E-state index in [1.165, 1.54) is 40.2 Å². The number of rotatable bonds is 6. The molecule has 0 saturated carbocycles. The molecule has 5 atom stereocenters. The van der Waals surface area contributed by atoms with E-state index in [1.807, 2.05) is 0 Å². The average molecular weight is 560 g/mol. The lowest BCUT2D eigenvalue weighted by atomic mass is 9.99. The van der Waals surface area contributed by atoms with Crippen molar-refractivity contribution in [3.63, 3.8) is 0 Å². The van der Waals surface area contributed by atoms with Gasteiger partial charge in [0.15, 0.2) is 16.7 Å². The van der Waals surface area contributed by atoms with E-state index >= 15 is 0 Å². The van der Waals surface area contributed by atoms with Crippen LogP contribution in [0.5, 0.6) is 5.75 Å². The summed E-state index contributed by atoms with van der Waals surface area (Å²) in [6.45, 7) is -0.578. The van der Waals surface area contributed by atoms with Gasteiger partial charge in [0.2, 0.25) is 6.29 Å². The number of fused-ring (bicyclic) bond motifs is 1. The normalized spacial score (nSPS) is 23.6. The molecule has 0 bridgehead atoms. The second-order valence-electron chi connectivity index (χ2n) is 8.90. The zero-order chi connectivity index (χ0) is 28.6. The molecule has 1 saturated heterocycles. The van der Waals surface area contributed by atoms with E-state index in [0.29, 0.717) is 11.3 Å². The van der Waals surface area contributed by atoms with Crippen LogP contribution in [-0.4, -0.2) is 83.2 Å². The Labute approximate surface area is 223 Å². The average Bonchev–Trinajstić information content (AvgIpc) is 3.38. The Balaban J connectivity index is 1.30. The Hall–Kier alpha value is -4.15. The first-order valence-electron chi connectivity index (χ1n) is 11.9. The van der Waals surface area contributed by atoms with Gasteiger partial charge in [0.1, 0.15) is 42.8 Å². The Morgan fingerprint density at radius 3 is 2.33 bits per heavy atom. The topological polar surface area (TPSA) is 171 Å². The molecule has 1 aliphatic rings. The van der Waals surface area contributed by atoms with Gasteiger partial charge in [-0.2, -0.15) is 18.3 Å². The number of nitrogens with zero attached hydrogens (tertiary/aromatic N) is 5. The van der Waals surface area contributed by atoms with Crippen molar-refractivity contribution in [1.82, 2.24) is 19.2 Å². The molecule has 1 aliphatic heterocycles. The van der Waals surface area contributed by atoms with E-state index in [4.69, 9.17) is 14.9 Å². The minimum atomic E-state index is -4.46. The van der Waals surface area contributed by atoms with Crippen LogP contribution >= 0.6 is 0 Å². The number of halogens is 3. The smallest absolute Gasteiger partial charge is 0.416 e. The molecule has 15 heteroatoms. The van der Waals surface area contributed by atoms with Crippen LogP contribution in [0.4, 0.5) is 13.2 Å². The lowest BCUT2D eigenvalue weighted by Crippen LogP contribution is -2.60. The van der Waals surface area contributed by atoms with Crippen LogP contribution in [-0.2, 0) is 10.9 Å². The van der Waals surface area contributed by atoms with Gasteiger partial charge in [-0.3, -0.25) is 9.98 Å². The first kappa shape index (κ1) is 27.4. The summed E-state index contributed by atoms with van der Waals surface area (Å²) in [5, 5.41) is 51.8. The Morgan fingerprint density at radius 1 is 0.975 bits per heavy atom. The second-order valence-corrected chi connectivity index (χ2v) is 8.90. The lowest BCUT2D eigenvalue weighted by molar-refractivity contribution is -0.277. The maximum absolute atomic E-state index is 12.9. The zero-order valence-corrected chi connectivity index (χ0v) is 20.4. The lowest BCUT2D eigenvalue weighted by Gasteiger charge is -2.39. The van der Waals surface area contributed by atoms with Gasteiger partial charge in [-0.05, 0) is 54.1 Å². The molecule has 1 fully saturated rings. The molecular weight excluding hydrogens is 537 g/mol. The third-order valence-electron chi connectivity index (χ3n) is 6.27. The van der Waals surface area contributed by atoms with Crippen LogP contribution < -0.4 is 10.2 Å². The number of ether oxygens (including phenoxy) is 2. The molecule has 5 rings (SSSR count). The summed E-state index contributed by atoms with van der Waals surface area (Å²) in [6.07, 6.45) is -7.40. The largest absolute Gasteiger partial charge is 0.462 e. The minimum Gasteiger partial charge on any atom is -0.462 e. The highest BCUT2D eigenvalue weighted by Crippen LogP contribution is 2.30. The van der Waals surface area contributed by atoms with Crippen LogP contribution in [0.3, 0.4) is 0 Å². The van der Waals surface area contributed by atoms with Crippen molar-refractivity contribution in [2.45, 2.75) is 36.9 Å². The van der Waals surface area contributed by atoms with Crippen molar-refractivity contribution in [2.75, 3.05) is 6.61 Å². The molecule has 2 aromatic carbocycles. The van der Waals surface area contributed by atoms with Crippen molar-refractivity contribution in [3.8, 4) is 11.4 Å². The van der Waals surface area contributed by atoms with Gasteiger partial charge in [-0.25, -0.2) is 14.6 Å². The van der Waals surface area contributed by atoms with Gasteiger partial charge >= 0.3 is 6.18 Å². The molecule has 5 N–H and O–H groups in total. The minimum absolute atomic E-state index is 0.102. The predicted molar refractivity (Wildman–Crippen MR) is 132 cm³/mol. The number of aromatic nitrogens is 4. The first-order valence-corrected chi connectivity index (χ1v) is 11.9. The fourth-order valence-electron chi connectivity index (χ4n) is 4.06. The maximum Gasteiger partial charge on any atom is 0.416 e. The molecule has 0 spiro atoms. The van der Waals surface area contributed by atoms with Gasteiger partial charge in [-0.1, -0.05) is 0 Å². The zero-order valence-electron chi connectivity index (χ0n) is 20.4. The number of nitrogens with one attached hydrogen (secondary N) is 1. The van der Waals surface area contributed by atoms with E-state index in [-0.39, 0.29) is 22.4 Å². The Morgan fingerprint density at radius 2 is 1.68 bits per heavy atom. The first-order chi connectivity index (χ1) is 19.1. The summed E-state index contributed by atoms with van der Waals surface area (Å²) in [6, 6.07) is 10.8. The SMILES string of the molecule is N=c1c2ncn(-c3ccc(C(F)(F)F)cc3)c2ncn1/N=C\c1ccc(OC2OC(CO)C(O)C(O)C2O)cc1. The van der Waals surface area contributed by atoms with Crippen LogP contribution in [0.1, 0.15) is 11.1 Å². The Bertz CT molecular complexity index is 1570. The molecule has 12 nitrogen and oxygen atoms in total. The van der Waals surface area contributed by atoms with Gasteiger partial charge in [0, 0.05) is 5.69 Å². The summed E-state index contributed by atoms with van der Waals surface area (Å²) in [4.78, 5) is 8.44. The van der Waals surface area contributed by atoms with E-state index in [9.17, 15) is 33.6 Å². The highest BCUT2D eigenvalue weighted by atomic mass is 19.4. The van der Waals surface area contributed by atoms with E-state index in [2.05, 4.69) is 15.1 Å². The predicted octanol–water partition coefficient (Wildman–Crippen LogP) is 0.781. The molecule has 3 heterocycles. The molecule has 4 aromatic rings. The Kier molecular flexibility index (Phi) is 7.39. The number of aliphatic hydroxyl groups is 4. The summed E-state index contributed by atoms with van der Waals surface area (Å²) in [5.41, 5.74) is 0.566. The third-order valence-corrected chi connectivity index (χ3v) is 6.27. The third kappa shape index (κ3) is 5.32. The number of hydrogen-bond acceptors (Lipinski definition) is 10. The molecule has 0 aliphatic carbocycles. The molecule has 0 radical (unpaired) electrons. The van der Waals surface area contributed by atoms with Crippen molar-refractivity contribution in [3.05, 3.63) is 77.8 Å². The van der Waals surface area contributed by atoms with Crippen molar-refractivity contribution in [1.29, 1.82) is 5.41 Å². The molecule has 210 valence electrons. The highest BCUT2D eigenvalue weighted by Gasteiger charge is 2.44. The quantitative estimate of drug-likeness (QED) is 0.215. The number of imidazole rings is 1. The fourth-order valence-corrected chi connectivity index (χ4v) is 4.06. The van der Waals surface area contributed by atoms with Crippen LogP contribution in [0, 0.1) is 5.41 Å². The number of alkyl halides is 3. The fraction of sp³-hybridized carbons (Fsp3) is 0.280. The number of hydrogen-bond donors (Lipinski definition) is 5. The van der Waals surface area contributed by atoms with Gasteiger partial charge < -0.3 is 29.9 Å². The maximum atomic E-state index is 12.9. The van der Waals surface area contributed by atoms with Crippen LogP contribution in [0.25, 0.3) is 16.9 Å². The van der Waals surface area contributed by atoms with Gasteiger partial charge in [0.05, 0.1) is 18.4 Å². The van der Waals surface area contributed by atoms with Gasteiger partial charge in [0.25, 0.3) is 0 Å². The number of benzene rings is 2. The van der Waals surface area contributed by atoms with E-state index in [1.54, 1.807) is 24.3 Å². The van der Waals surface area contributed by atoms with Crippen molar-refractivity contribution < 1.29 is 43.1 Å². The molecule has 0 amide bonds. The monoisotopic (exact) mass is 560 g/mol. The standard InChI is InChI=1S/C25H23F3N6O6/c26-25(27,28)14-3-5-15(6-4-14)33-11-30-18-22(29)34(12-31-23(18)33)32-9-13-1-7-16(8-2-13)39-24-21(38)20(37)19(36)17(10-35)40-24/h1-9,11-12,17,19-21,24,29,35-38H,10H2/b29-22?,32-9-. The molecule has 5 unspecified atom stereocenters. The van der Waals surface area contributed by atoms with Gasteiger partial charge in [-0.15, -0.1) is 0 Å². The van der Waals surface area contributed by atoms with Crippen LogP contribution in [0.15, 0.2) is 66.3 Å². The van der Waals surface area contributed by atoms with Crippen LogP contribution in [0.2, 0.25) is 0 Å². The summed E-state index contributed by atoms with van der Waals surface area (Å²) >= 11 is 0. The summed E-state index contributed by atoms with van der Waals surface area (Å²) in [7, 11) is 0. The van der Waals surface area contributed by atoms with Crippen molar-refractivity contribution >= 4 is 17.4 Å².